The molecule has 0 fully saturated rings. The third-order valence-electron chi connectivity index (χ3n) is 8.87. The van der Waals surface area contributed by atoms with Gasteiger partial charge in [0.2, 0.25) is 9.84 Å². The van der Waals surface area contributed by atoms with Crippen molar-refractivity contribution in [2.45, 2.75) is 22.4 Å². The molecule has 6 heterocycles. The smallest absolute Gasteiger partial charge is 0.395 e. The maximum Gasteiger partial charge on any atom is 0.395 e. The van der Waals surface area contributed by atoms with Gasteiger partial charge in [-0.3, -0.25) is 0 Å². The zero-order chi connectivity index (χ0) is 28.0. The van der Waals surface area contributed by atoms with Crippen LogP contribution in [0.1, 0.15) is 16.8 Å². The molecule has 10 rings (SSSR count). The Morgan fingerprint density at radius 3 is 2.38 bits per heavy atom. The van der Waals surface area contributed by atoms with Crippen LogP contribution in [-0.4, -0.2) is 18.3 Å². The van der Waals surface area contributed by atoms with Gasteiger partial charge in [0.05, 0.1) is 21.0 Å². The standard InChI is InChI=1S/C33H20N4O4S/c1-19-32(20-15-16-22-21-8-2-3-13-27(21)42(38,39)28(22)18-20)34-37-23-9-6-10-24-30(23)33(36(19)37)31-25(40-24)11-7-12-26(31)41-29-14-4-5-17-35(29)33/h2-18H,1H3/q+2. The molecule has 4 aliphatic heterocycles. The molecule has 1 atom stereocenters. The van der Waals surface area contributed by atoms with Crippen molar-refractivity contribution >= 4 is 9.84 Å². The summed E-state index contributed by atoms with van der Waals surface area (Å²) in [6, 6.07) is 30.6. The van der Waals surface area contributed by atoms with Crippen LogP contribution in [0.15, 0.2) is 113 Å². The van der Waals surface area contributed by atoms with Crippen molar-refractivity contribution in [1.82, 2.24) is 9.90 Å². The van der Waals surface area contributed by atoms with Crippen LogP contribution in [0.25, 0.3) is 28.1 Å². The van der Waals surface area contributed by atoms with Crippen molar-refractivity contribution in [2.24, 2.45) is 0 Å². The molecule has 1 unspecified atom stereocenters. The fourth-order valence-corrected chi connectivity index (χ4v) is 8.97. The van der Waals surface area contributed by atoms with Crippen LogP contribution >= 0.6 is 0 Å². The SMILES string of the molecule is Cc1c(-c2ccc3c(c2)S(=O)(=O)c2ccccc2-3)nn2[n+]1C13c4c(cccc4Oc4cccc[n+]41)Oc1cccc-2c13. The minimum atomic E-state index is -3.64. The first-order valence-corrected chi connectivity index (χ1v) is 15.1. The predicted molar refractivity (Wildman–Crippen MR) is 150 cm³/mol. The van der Waals surface area contributed by atoms with E-state index < -0.39 is 15.5 Å². The highest BCUT2D eigenvalue weighted by atomic mass is 32.2. The van der Waals surface area contributed by atoms with Crippen molar-refractivity contribution in [3.05, 3.63) is 120 Å². The van der Waals surface area contributed by atoms with Gasteiger partial charge in [-0.05, 0) is 53.3 Å². The average molecular weight is 569 g/mol. The van der Waals surface area contributed by atoms with Gasteiger partial charge in [-0.25, -0.2) is 8.42 Å². The van der Waals surface area contributed by atoms with Gasteiger partial charge in [-0.1, -0.05) is 41.1 Å². The van der Waals surface area contributed by atoms with Crippen molar-refractivity contribution in [3.63, 3.8) is 0 Å². The van der Waals surface area contributed by atoms with Crippen LogP contribution in [-0.2, 0) is 15.5 Å². The lowest BCUT2D eigenvalue weighted by molar-refractivity contribution is -1.00. The Labute approximate surface area is 240 Å². The summed E-state index contributed by atoms with van der Waals surface area (Å²) >= 11 is 0. The number of pyridine rings is 1. The minimum Gasteiger partial charge on any atom is -0.456 e. The molecule has 0 saturated carbocycles. The molecule has 0 saturated heterocycles. The van der Waals surface area contributed by atoms with Crippen LogP contribution in [0.2, 0.25) is 0 Å². The molecule has 200 valence electrons. The second kappa shape index (κ2) is 7.13. The molecule has 6 aromatic rings. The Bertz CT molecular complexity index is 2350. The number of hydrogen-bond acceptors (Lipinski definition) is 5. The van der Waals surface area contributed by atoms with E-state index in [1.54, 1.807) is 18.2 Å². The zero-order valence-electron chi connectivity index (χ0n) is 22.1. The lowest BCUT2D eigenvalue weighted by atomic mass is 9.85. The Morgan fingerprint density at radius 1 is 0.762 bits per heavy atom. The van der Waals surface area contributed by atoms with E-state index in [1.807, 2.05) is 96.8 Å². The zero-order valence-corrected chi connectivity index (χ0v) is 23.0. The average Bonchev–Trinajstić information content (AvgIpc) is 3.59. The normalized spacial score (nSPS) is 18.5. The molecule has 0 N–H and O–H groups in total. The second-order valence-electron chi connectivity index (χ2n) is 10.9. The molecule has 4 aliphatic rings. The van der Waals surface area contributed by atoms with E-state index >= 15 is 0 Å². The molecular formula is C33H20N4O4S+2. The van der Waals surface area contributed by atoms with Gasteiger partial charge in [0.1, 0.15) is 17.2 Å². The lowest BCUT2D eigenvalue weighted by Gasteiger charge is -2.33. The molecule has 0 aliphatic carbocycles. The maximum atomic E-state index is 13.5. The van der Waals surface area contributed by atoms with E-state index in [0.29, 0.717) is 32.9 Å². The van der Waals surface area contributed by atoms with E-state index in [-0.39, 0.29) is 0 Å². The van der Waals surface area contributed by atoms with Crippen LogP contribution in [0.3, 0.4) is 0 Å². The summed E-state index contributed by atoms with van der Waals surface area (Å²) in [5.74, 6) is 2.86. The lowest BCUT2D eigenvalue weighted by Crippen LogP contribution is -2.76. The number of fused-ring (bicyclic) bond motifs is 6. The van der Waals surface area contributed by atoms with Crippen molar-refractivity contribution in [1.29, 1.82) is 0 Å². The Hall–Kier alpha value is -5.28. The van der Waals surface area contributed by atoms with Crippen LogP contribution in [0.5, 0.6) is 23.1 Å². The van der Waals surface area contributed by atoms with Crippen molar-refractivity contribution in [2.75, 3.05) is 0 Å². The highest BCUT2D eigenvalue weighted by Gasteiger charge is 2.69. The largest absolute Gasteiger partial charge is 0.456 e. The van der Waals surface area contributed by atoms with Crippen LogP contribution in [0, 0.1) is 6.92 Å². The molecule has 1 spiro atoms. The molecule has 0 radical (unpaired) electrons. The summed E-state index contributed by atoms with van der Waals surface area (Å²) in [6.45, 7) is 2.03. The van der Waals surface area contributed by atoms with E-state index in [2.05, 4.69) is 9.25 Å². The summed E-state index contributed by atoms with van der Waals surface area (Å²) in [6.07, 6.45) is 2.02. The van der Waals surface area contributed by atoms with Gasteiger partial charge in [0.15, 0.2) is 28.8 Å². The first-order chi connectivity index (χ1) is 20.5. The van der Waals surface area contributed by atoms with Crippen LogP contribution < -0.4 is 18.7 Å². The molecule has 42 heavy (non-hydrogen) atoms. The van der Waals surface area contributed by atoms with E-state index in [4.69, 9.17) is 14.6 Å². The molecular weight excluding hydrogens is 548 g/mol. The molecule has 4 aromatic carbocycles. The Balaban J connectivity index is 1.30. The molecule has 9 heteroatoms. The first-order valence-electron chi connectivity index (χ1n) is 13.7. The van der Waals surface area contributed by atoms with Gasteiger partial charge in [0, 0.05) is 29.7 Å². The summed E-state index contributed by atoms with van der Waals surface area (Å²) < 4.78 is 44.3. The van der Waals surface area contributed by atoms with Crippen molar-refractivity contribution in [3.8, 4) is 51.2 Å². The van der Waals surface area contributed by atoms with E-state index in [0.717, 1.165) is 44.9 Å². The summed E-state index contributed by atoms with van der Waals surface area (Å²) in [5, 5.41) is 5.16. The van der Waals surface area contributed by atoms with Gasteiger partial charge in [-0.2, -0.15) is 0 Å². The topological polar surface area (TPSA) is 78.2 Å². The number of rotatable bonds is 1. The molecule has 0 bridgehead atoms. The second-order valence-corrected chi connectivity index (χ2v) is 12.8. The number of nitrogens with zero attached hydrogens (tertiary/aromatic N) is 4. The number of hydrogen-bond donors (Lipinski definition) is 0. The highest BCUT2D eigenvalue weighted by Crippen LogP contribution is 2.55. The fraction of sp³-hybridized carbons (Fsp3) is 0.0606. The van der Waals surface area contributed by atoms with Gasteiger partial charge < -0.3 is 9.47 Å². The first kappa shape index (κ1) is 22.4. The van der Waals surface area contributed by atoms with Crippen LogP contribution in [0.4, 0.5) is 0 Å². The molecule has 2 aromatic heterocycles. The summed E-state index contributed by atoms with van der Waals surface area (Å²) in [5.41, 5.74) is 5.63. The predicted octanol–water partition coefficient (Wildman–Crippen LogP) is 5.06. The fourth-order valence-electron chi connectivity index (χ4n) is 7.25. The number of aromatic nitrogens is 4. The quantitative estimate of drug-likeness (QED) is 0.259. The summed E-state index contributed by atoms with van der Waals surface area (Å²) in [4.78, 5) is 2.58. The third kappa shape index (κ3) is 2.35. The number of ether oxygens (including phenoxy) is 2. The number of benzene rings is 4. The minimum absolute atomic E-state index is 0.309. The monoisotopic (exact) mass is 568 g/mol. The third-order valence-corrected chi connectivity index (χ3v) is 10.7. The Kier molecular flexibility index (Phi) is 3.80. The molecule has 0 amide bonds. The maximum absolute atomic E-state index is 13.5. The Morgan fingerprint density at radius 2 is 1.50 bits per heavy atom. The number of sulfone groups is 1. The highest BCUT2D eigenvalue weighted by molar-refractivity contribution is 7.92. The summed E-state index contributed by atoms with van der Waals surface area (Å²) in [7, 11) is -3.64. The van der Waals surface area contributed by atoms with E-state index in [1.165, 1.54) is 0 Å². The van der Waals surface area contributed by atoms with Gasteiger partial charge in [-0.15, -0.1) is 4.57 Å². The van der Waals surface area contributed by atoms with Gasteiger partial charge >= 0.3 is 11.5 Å². The van der Waals surface area contributed by atoms with Crippen molar-refractivity contribution < 1.29 is 27.1 Å². The van der Waals surface area contributed by atoms with Gasteiger partial charge in [0.25, 0.3) is 5.69 Å². The molecule has 8 nitrogen and oxygen atoms in total. The van der Waals surface area contributed by atoms with E-state index in [9.17, 15) is 8.42 Å².